The molecule has 2 saturated heterocycles. The van der Waals surface area contributed by atoms with Gasteiger partial charge in [-0.2, -0.15) is 0 Å². The summed E-state index contributed by atoms with van der Waals surface area (Å²) < 4.78 is 33.5. The summed E-state index contributed by atoms with van der Waals surface area (Å²) in [5.41, 5.74) is 4.79. The van der Waals surface area contributed by atoms with Crippen LogP contribution in [-0.4, -0.2) is 106 Å². The predicted molar refractivity (Wildman–Crippen MR) is 177 cm³/mol. The predicted octanol–water partition coefficient (Wildman–Crippen LogP) is 4.15. The van der Waals surface area contributed by atoms with Crippen molar-refractivity contribution in [2.75, 3.05) is 81.3 Å². The lowest BCUT2D eigenvalue weighted by molar-refractivity contribution is 0.127. The van der Waals surface area contributed by atoms with Crippen LogP contribution in [0, 0.1) is 0 Å². The van der Waals surface area contributed by atoms with Crippen molar-refractivity contribution in [1.29, 1.82) is 0 Å². The van der Waals surface area contributed by atoms with Crippen LogP contribution in [0.1, 0.15) is 19.3 Å². The molecule has 12 heteroatoms. The van der Waals surface area contributed by atoms with Crippen molar-refractivity contribution in [3.63, 3.8) is 0 Å². The smallest absolute Gasteiger partial charge is 0.245 e. The molecule has 44 heavy (non-hydrogen) atoms. The van der Waals surface area contributed by atoms with E-state index in [0.717, 1.165) is 66.5 Å². The fourth-order valence-corrected chi connectivity index (χ4v) is 6.84. The Bertz CT molecular complexity index is 1720. The lowest BCUT2D eigenvalue weighted by atomic mass is 10.0. The van der Waals surface area contributed by atoms with Crippen LogP contribution in [0.2, 0.25) is 0 Å². The Morgan fingerprint density at radius 2 is 1.77 bits per heavy atom. The number of hydrogen-bond acceptors (Lipinski definition) is 9. The van der Waals surface area contributed by atoms with E-state index in [4.69, 9.17) is 9.84 Å². The number of hydrogen-bond donors (Lipinski definition) is 1. The fraction of sp³-hybridized carbons (Fsp3) is 0.438. The summed E-state index contributed by atoms with van der Waals surface area (Å²) in [6.45, 7) is 6.61. The highest BCUT2D eigenvalue weighted by Crippen LogP contribution is 2.34. The zero-order chi connectivity index (χ0) is 30.8. The maximum atomic E-state index is 12.3. The van der Waals surface area contributed by atoms with E-state index in [0.29, 0.717) is 17.7 Å². The summed E-state index contributed by atoms with van der Waals surface area (Å²) >= 11 is 0. The third-order valence-corrected chi connectivity index (χ3v) is 10.1. The summed E-state index contributed by atoms with van der Waals surface area (Å²) in [6.07, 6.45) is 6.60. The van der Waals surface area contributed by atoms with Gasteiger partial charge in [0.25, 0.3) is 0 Å². The van der Waals surface area contributed by atoms with E-state index in [1.54, 1.807) is 30.9 Å². The number of nitrogens with one attached hydrogen (secondary N) is 1. The molecule has 2 aromatic heterocycles. The molecule has 0 unspecified atom stereocenters. The van der Waals surface area contributed by atoms with E-state index < -0.39 is 10.0 Å². The fourth-order valence-electron chi connectivity index (χ4n) is 6.33. The maximum Gasteiger partial charge on any atom is 0.245 e. The standard InChI is InChI=1S/C32H42N8O3S/c1-36-18-14-24(15-19-36)38-16-7-17-39(21-20-38)25-10-12-28(31(22-25)43-3)34-32-33-23-26-11-13-30(40(26)35-32)27-8-5-6-9-29(27)37(2)44(4,41)42/h5-6,8-13,22-24H,7,14-21H2,1-4H3,(H,34,35). The molecule has 0 aliphatic carbocycles. The molecular formula is C32H42N8O3S. The number of sulfonamides is 1. The molecule has 6 rings (SSSR count). The number of anilines is 4. The number of ether oxygens (including phenoxy) is 1. The van der Waals surface area contributed by atoms with Gasteiger partial charge in [0, 0.05) is 56.6 Å². The summed E-state index contributed by atoms with van der Waals surface area (Å²) in [7, 11) is 2.01. The van der Waals surface area contributed by atoms with Gasteiger partial charge in [-0.3, -0.25) is 9.21 Å². The van der Waals surface area contributed by atoms with Crippen LogP contribution in [0.4, 0.5) is 23.0 Å². The highest BCUT2D eigenvalue weighted by atomic mass is 32.2. The van der Waals surface area contributed by atoms with Gasteiger partial charge in [0.05, 0.1) is 42.1 Å². The number of aromatic nitrogens is 3. The minimum absolute atomic E-state index is 0.401. The van der Waals surface area contributed by atoms with E-state index in [-0.39, 0.29) is 0 Å². The number of fused-ring (bicyclic) bond motifs is 1. The van der Waals surface area contributed by atoms with E-state index in [9.17, 15) is 8.42 Å². The second-order valence-corrected chi connectivity index (χ2v) is 13.8. The summed E-state index contributed by atoms with van der Waals surface area (Å²) in [6, 6.07) is 18.2. The van der Waals surface area contributed by atoms with E-state index in [1.807, 2.05) is 36.4 Å². The Morgan fingerprint density at radius 1 is 0.977 bits per heavy atom. The van der Waals surface area contributed by atoms with Crippen molar-refractivity contribution in [2.45, 2.75) is 25.3 Å². The van der Waals surface area contributed by atoms with E-state index >= 15 is 0 Å². The third kappa shape index (κ3) is 6.33. The number of piperidine rings is 1. The molecule has 0 atom stereocenters. The minimum atomic E-state index is -3.45. The molecule has 2 aromatic carbocycles. The van der Waals surface area contributed by atoms with Crippen LogP contribution in [0.5, 0.6) is 5.75 Å². The monoisotopic (exact) mass is 618 g/mol. The lowest BCUT2D eigenvalue weighted by Gasteiger charge is -2.36. The first-order valence-corrected chi connectivity index (χ1v) is 17.1. The molecule has 2 aliphatic heterocycles. The average Bonchev–Trinajstić information content (AvgIpc) is 3.28. The summed E-state index contributed by atoms with van der Waals surface area (Å²) in [5.74, 6) is 1.12. The van der Waals surface area contributed by atoms with Crippen LogP contribution in [0.3, 0.4) is 0 Å². The Morgan fingerprint density at radius 3 is 2.55 bits per heavy atom. The molecule has 0 bridgehead atoms. The zero-order valence-electron chi connectivity index (χ0n) is 26.0. The van der Waals surface area contributed by atoms with E-state index in [2.05, 4.69) is 44.2 Å². The summed E-state index contributed by atoms with van der Waals surface area (Å²) in [5, 5.41) is 8.12. The van der Waals surface area contributed by atoms with Crippen molar-refractivity contribution in [3.8, 4) is 17.0 Å². The van der Waals surface area contributed by atoms with Gasteiger partial charge in [-0.25, -0.2) is 17.9 Å². The van der Waals surface area contributed by atoms with Crippen LogP contribution < -0.4 is 19.3 Å². The molecule has 0 radical (unpaired) electrons. The topological polar surface area (TPSA) is 98.5 Å². The van der Waals surface area contributed by atoms with Crippen LogP contribution in [0.25, 0.3) is 16.8 Å². The van der Waals surface area contributed by atoms with Crippen molar-refractivity contribution >= 4 is 38.6 Å². The van der Waals surface area contributed by atoms with Crippen molar-refractivity contribution in [3.05, 3.63) is 60.8 Å². The highest BCUT2D eigenvalue weighted by molar-refractivity contribution is 7.92. The molecule has 0 amide bonds. The normalized spacial score (nSPS) is 17.5. The molecule has 0 saturated carbocycles. The average molecular weight is 619 g/mol. The van der Waals surface area contributed by atoms with Crippen molar-refractivity contribution < 1.29 is 13.2 Å². The molecule has 234 valence electrons. The molecule has 11 nitrogen and oxygen atoms in total. The van der Waals surface area contributed by atoms with E-state index in [1.165, 1.54) is 36.5 Å². The number of nitrogens with zero attached hydrogens (tertiary/aromatic N) is 7. The minimum Gasteiger partial charge on any atom is -0.494 e. The molecule has 2 aliphatic rings. The Balaban J connectivity index is 1.21. The van der Waals surface area contributed by atoms with Gasteiger partial charge in [-0.05, 0) is 69.7 Å². The van der Waals surface area contributed by atoms with Gasteiger partial charge in [-0.1, -0.05) is 18.2 Å². The largest absolute Gasteiger partial charge is 0.494 e. The Hall–Kier alpha value is -3.87. The molecule has 4 aromatic rings. The quantitative estimate of drug-likeness (QED) is 0.312. The van der Waals surface area contributed by atoms with Crippen LogP contribution in [-0.2, 0) is 10.0 Å². The second-order valence-electron chi connectivity index (χ2n) is 11.8. The van der Waals surface area contributed by atoms with Crippen molar-refractivity contribution in [1.82, 2.24) is 24.4 Å². The van der Waals surface area contributed by atoms with Gasteiger partial charge < -0.3 is 19.9 Å². The highest BCUT2D eigenvalue weighted by Gasteiger charge is 2.26. The van der Waals surface area contributed by atoms with Crippen molar-refractivity contribution in [2.24, 2.45) is 0 Å². The van der Waals surface area contributed by atoms with Gasteiger partial charge >= 0.3 is 0 Å². The maximum absolute atomic E-state index is 12.3. The molecular weight excluding hydrogens is 576 g/mol. The van der Waals surface area contributed by atoms with Crippen LogP contribution >= 0.6 is 0 Å². The van der Waals surface area contributed by atoms with Gasteiger partial charge in [-0.15, -0.1) is 5.10 Å². The number of likely N-dealkylation sites (tertiary alicyclic amines) is 1. The number of para-hydroxylation sites is 1. The summed E-state index contributed by atoms with van der Waals surface area (Å²) in [4.78, 5) is 12.1. The molecule has 1 N–H and O–H groups in total. The number of benzene rings is 2. The third-order valence-electron chi connectivity index (χ3n) is 8.95. The number of methoxy groups -OCH3 is 1. The lowest BCUT2D eigenvalue weighted by Crippen LogP contribution is -2.45. The van der Waals surface area contributed by atoms with Crippen LogP contribution in [0.15, 0.2) is 60.8 Å². The molecule has 4 heterocycles. The van der Waals surface area contributed by atoms with Gasteiger partial charge in [0.1, 0.15) is 5.75 Å². The number of rotatable bonds is 8. The first-order valence-electron chi connectivity index (χ1n) is 15.2. The second kappa shape index (κ2) is 12.6. The first-order chi connectivity index (χ1) is 21.2. The Labute approximate surface area is 260 Å². The SMILES string of the molecule is COc1cc(N2CCCN(C3CCN(C)CC3)CC2)ccc1Nc1ncc2ccc(-c3ccccc3N(C)S(C)(=O)=O)n2n1. The molecule has 2 fully saturated rings. The Kier molecular flexibility index (Phi) is 8.66. The van der Waals surface area contributed by atoms with Gasteiger partial charge in [0.15, 0.2) is 0 Å². The van der Waals surface area contributed by atoms with Gasteiger partial charge in [0.2, 0.25) is 16.0 Å². The first kappa shape index (κ1) is 30.2. The zero-order valence-corrected chi connectivity index (χ0v) is 26.8. The molecule has 0 spiro atoms.